The van der Waals surface area contributed by atoms with E-state index < -0.39 is 0 Å². The van der Waals surface area contributed by atoms with Crippen molar-refractivity contribution in [3.63, 3.8) is 0 Å². The van der Waals surface area contributed by atoms with Crippen molar-refractivity contribution in [3.05, 3.63) is 47.9 Å². The molecule has 2 aromatic carbocycles. The van der Waals surface area contributed by atoms with Gasteiger partial charge in [-0.3, -0.25) is 4.79 Å². The van der Waals surface area contributed by atoms with Crippen LogP contribution < -0.4 is 18.9 Å². The van der Waals surface area contributed by atoms with E-state index in [4.69, 9.17) is 23.5 Å². The molecule has 0 fully saturated rings. The summed E-state index contributed by atoms with van der Waals surface area (Å²) in [5, 5.41) is 3.96. The van der Waals surface area contributed by atoms with E-state index in [0.29, 0.717) is 39.9 Å². The minimum atomic E-state index is 0.0692. The quantitative estimate of drug-likeness (QED) is 0.558. The van der Waals surface area contributed by atoms with Gasteiger partial charge in [0, 0.05) is 11.1 Å². The lowest BCUT2D eigenvalue weighted by molar-refractivity contribution is 0.112. The van der Waals surface area contributed by atoms with Gasteiger partial charge in [-0.1, -0.05) is 17.3 Å². The van der Waals surface area contributed by atoms with Crippen LogP contribution in [0.4, 0.5) is 0 Å². The van der Waals surface area contributed by atoms with Gasteiger partial charge in [-0.25, -0.2) is 0 Å². The van der Waals surface area contributed by atoms with Crippen molar-refractivity contribution in [1.82, 2.24) is 10.1 Å². The van der Waals surface area contributed by atoms with Crippen molar-refractivity contribution in [3.8, 4) is 34.4 Å². The summed E-state index contributed by atoms with van der Waals surface area (Å²) in [4.78, 5) is 15.1. The summed E-state index contributed by atoms with van der Waals surface area (Å²) in [5.74, 6) is 2.63. The van der Waals surface area contributed by atoms with Crippen LogP contribution in [0, 0.1) is 0 Å². The first-order valence-electron chi connectivity index (χ1n) is 7.99. The number of carbonyl (C=O) groups excluding carboxylic acids is 1. The Balaban J connectivity index is 1.80. The summed E-state index contributed by atoms with van der Waals surface area (Å²) in [6, 6.07) is 10.2. The van der Waals surface area contributed by atoms with E-state index in [1.165, 1.54) is 21.3 Å². The summed E-state index contributed by atoms with van der Waals surface area (Å²) >= 11 is 0. The van der Waals surface area contributed by atoms with Crippen LogP contribution in [0.25, 0.3) is 11.4 Å². The first-order valence-corrected chi connectivity index (χ1v) is 7.99. The van der Waals surface area contributed by atoms with Gasteiger partial charge in [0.2, 0.25) is 11.6 Å². The van der Waals surface area contributed by atoms with Crippen molar-refractivity contribution in [2.45, 2.75) is 6.61 Å². The summed E-state index contributed by atoms with van der Waals surface area (Å²) in [5.41, 5.74) is 1.17. The normalized spacial score (nSPS) is 10.3. The average Bonchev–Trinajstić information content (AvgIpc) is 3.20. The highest BCUT2D eigenvalue weighted by Gasteiger charge is 2.17. The van der Waals surface area contributed by atoms with Gasteiger partial charge < -0.3 is 23.5 Å². The first-order chi connectivity index (χ1) is 13.2. The SMILES string of the molecule is COc1cc(-c2noc(COc3cccc(C=O)c3)n2)cc(OC)c1OC. The molecular weight excluding hydrogens is 352 g/mol. The van der Waals surface area contributed by atoms with E-state index >= 15 is 0 Å². The third-order valence-corrected chi connectivity index (χ3v) is 3.75. The Labute approximate surface area is 155 Å². The van der Waals surface area contributed by atoms with Gasteiger partial charge in [0.1, 0.15) is 12.0 Å². The van der Waals surface area contributed by atoms with Crippen molar-refractivity contribution < 1.29 is 28.3 Å². The smallest absolute Gasteiger partial charge is 0.264 e. The molecule has 0 spiro atoms. The second-order valence-electron chi connectivity index (χ2n) is 5.40. The van der Waals surface area contributed by atoms with E-state index in [1.807, 2.05) is 0 Å². The number of carbonyl (C=O) groups is 1. The fourth-order valence-corrected chi connectivity index (χ4v) is 2.46. The zero-order valence-electron chi connectivity index (χ0n) is 15.1. The third kappa shape index (κ3) is 4.00. The fraction of sp³-hybridized carbons (Fsp3) is 0.211. The molecule has 1 aromatic heterocycles. The molecule has 3 rings (SSSR count). The maximum absolute atomic E-state index is 10.8. The average molecular weight is 370 g/mol. The zero-order chi connectivity index (χ0) is 19.2. The van der Waals surface area contributed by atoms with Crippen molar-refractivity contribution in [2.24, 2.45) is 0 Å². The molecule has 8 heteroatoms. The Kier molecular flexibility index (Phi) is 5.55. The minimum Gasteiger partial charge on any atom is -0.493 e. The molecule has 0 saturated heterocycles. The summed E-state index contributed by atoms with van der Waals surface area (Å²) in [6.45, 7) is 0.0692. The van der Waals surface area contributed by atoms with Crippen LogP contribution in [0.1, 0.15) is 16.2 Å². The van der Waals surface area contributed by atoms with Gasteiger partial charge in [-0.2, -0.15) is 4.98 Å². The second-order valence-corrected chi connectivity index (χ2v) is 5.40. The van der Waals surface area contributed by atoms with Gasteiger partial charge >= 0.3 is 0 Å². The standard InChI is InChI=1S/C19H18N2O6/c1-23-15-8-13(9-16(24-2)18(15)25-3)19-20-17(27-21-19)11-26-14-6-4-5-12(7-14)10-22/h4-10H,11H2,1-3H3. The lowest BCUT2D eigenvalue weighted by Crippen LogP contribution is -1.97. The molecule has 8 nitrogen and oxygen atoms in total. The number of hydrogen-bond donors (Lipinski definition) is 0. The molecule has 0 amide bonds. The van der Waals surface area contributed by atoms with Crippen LogP contribution in [0.15, 0.2) is 40.9 Å². The van der Waals surface area contributed by atoms with Crippen molar-refractivity contribution in [1.29, 1.82) is 0 Å². The molecule has 1 heterocycles. The molecule has 0 aliphatic carbocycles. The number of ether oxygens (including phenoxy) is 4. The maximum Gasteiger partial charge on any atom is 0.264 e. The fourth-order valence-electron chi connectivity index (χ4n) is 2.46. The van der Waals surface area contributed by atoms with E-state index in [2.05, 4.69) is 10.1 Å². The Morgan fingerprint density at radius 2 is 1.78 bits per heavy atom. The van der Waals surface area contributed by atoms with Gasteiger partial charge in [-0.15, -0.1) is 0 Å². The maximum atomic E-state index is 10.8. The van der Waals surface area contributed by atoms with E-state index in [9.17, 15) is 4.79 Å². The number of aromatic nitrogens is 2. The van der Waals surface area contributed by atoms with Crippen LogP contribution in [-0.2, 0) is 6.61 Å². The van der Waals surface area contributed by atoms with Crippen LogP contribution in [0.3, 0.4) is 0 Å². The molecule has 0 unspecified atom stereocenters. The highest BCUT2D eigenvalue weighted by molar-refractivity contribution is 5.75. The molecule has 0 bridgehead atoms. The summed E-state index contributed by atoms with van der Waals surface area (Å²) in [6.07, 6.45) is 0.752. The highest BCUT2D eigenvalue weighted by Crippen LogP contribution is 2.40. The Morgan fingerprint density at radius 1 is 1.04 bits per heavy atom. The topological polar surface area (TPSA) is 92.9 Å². The Morgan fingerprint density at radius 3 is 2.41 bits per heavy atom. The van der Waals surface area contributed by atoms with E-state index in [1.54, 1.807) is 36.4 Å². The minimum absolute atomic E-state index is 0.0692. The van der Waals surface area contributed by atoms with Gasteiger partial charge in [0.25, 0.3) is 5.89 Å². The number of hydrogen-bond acceptors (Lipinski definition) is 8. The van der Waals surface area contributed by atoms with Gasteiger partial charge in [0.15, 0.2) is 18.1 Å². The number of benzene rings is 2. The van der Waals surface area contributed by atoms with Crippen LogP contribution in [-0.4, -0.2) is 37.8 Å². The molecule has 0 aliphatic heterocycles. The summed E-state index contributed by atoms with van der Waals surface area (Å²) < 4.78 is 26.8. The molecule has 0 N–H and O–H groups in total. The lowest BCUT2D eigenvalue weighted by Gasteiger charge is -2.12. The number of methoxy groups -OCH3 is 3. The van der Waals surface area contributed by atoms with Crippen LogP contribution in [0.5, 0.6) is 23.0 Å². The lowest BCUT2D eigenvalue weighted by atomic mass is 10.1. The zero-order valence-corrected chi connectivity index (χ0v) is 15.1. The molecule has 0 aliphatic rings. The highest BCUT2D eigenvalue weighted by atomic mass is 16.5. The van der Waals surface area contributed by atoms with Crippen LogP contribution in [0.2, 0.25) is 0 Å². The van der Waals surface area contributed by atoms with E-state index in [0.717, 1.165) is 6.29 Å². The molecule has 0 saturated carbocycles. The predicted octanol–water partition coefficient (Wildman–Crippen LogP) is 3.15. The predicted molar refractivity (Wildman–Crippen MR) is 95.6 cm³/mol. The van der Waals surface area contributed by atoms with Gasteiger partial charge in [0.05, 0.1) is 21.3 Å². The number of aldehydes is 1. The second kappa shape index (κ2) is 8.22. The van der Waals surface area contributed by atoms with Crippen molar-refractivity contribution in [2.75, 3.05) is 21.3 Å². The molecule has 140 valence electrons. The van der Waals surface area contributed by atoms with Gasteiger partial charge in [-0.05, 0) is 24.3 Å². The monoisotopic (exact) mass is 370 g/mol. The van der Waals surface area contributed by atoms with Crippen LogP contribution >= 0.6 is 0 Å². The molecule has 27 heavy (non-hydrogen) atoms. The summed E-state index contributed by atoms with van der Waals surface area (Å²) in [7, 11) is 4.59. The van der Waals surface area contributed by atoms with Crippen molar-refractivity contribution >= 4 is 6.29 Å². The molecule has 0 radical (unpaired) electrons. The molecule has 0 atom stereocenters. The Bertz CT molecular complexity index is 912. The molecular formula is C19H18N2O6. The third-order valence-electron chi connectivity index (χ3n) is 3.75. The molecule has 3 aromatic rings. The first kappa shape index (κ1) is 18.2. The van der Waals surface area contributed by atoms with E-state index in [-0.39, 0.29) is 12.5 Å². The number of rotatable bonds is 8. The largest absolute Gasteiger partial charge is 0.493 e. The number of nitrogens with zero attached hydrogens (tertiary/aromatic N) is 2. The Hall–Kier alpha value is -3.55.